The third-order valence-electron chi connectivity index (χ3n) is 3.28. The highest BCUT2D eigenvalue weighted by molar-refractivity contribution is 6.08. The lowest BCUT2D eigenvalue weighted by Gasteiger charge is -2.08. The van der Waals surface area contributed by atoms with Gasteiger partial charge < -0.3 is 10.3 Å². The summed E-state index contributed by atoms with van der Waals surface area (Å²) in [5.41, 5.74) is 1.62. The number of aromatic amines is 1. The van der Waals surface area contributed by atoms with Crippen LogP contribution in [0.1, 0.15) is 15.9 Å². The third kappa shape index (κ3) is 2.41. The second-order valence-corrected chi connectivity index (χ2v) is 4.70. The number of H-pyrrole nitrogens is 1. The zero-order valence-electron chi connectivity index (χ0n) is 11.4. The van der Waals surface area contributed by atoms with Crippen LogP contribution >= 0.6 is 0 Å². The quantitative estimate of drug-likeness (QED) is 0.756. The molecule has 3 rings (SSSR count). The summed E-state index contributed by atoms with van der Waals surface area (Å²) in [6, 6.07) is 11.0. The van der Waals surface area contributed by atoms with Gasteiger partial charge in [-0.2, -0.15) is 0 Å². The number of anilines is 1. The standard InChI is InChI=1S/C16H13N3O2/c1-10-7-9-18-15(20)13(10)16(21)19-12-6-2-4-11-5-3-8-17-14(11)12/h2-9H,1H3,(H,18,20)(H,19,21). The lowest BCUT2D eigenvalue weighted by Crippen LogP contribution is -2.24. The number of aromatic nitrogens is 2. The van der Waals surface area contributed by atoms with Gasteiger partial charge in [0.05, 0.1) is 11.2 Å². The largest absolute Gasteiger partial charge is 0.328 e. The lowest BCUT2D eigenvalue weighted by atomic mass is 10.1. The second-order valence-electron chi connectivity index (χ2n) is 4.70. The zero-order valence-corrected chi connectivity index (χ0v) is 11.4. The summed E-state index contributed by atoms with van der Waals surface area (Å²) in [6.07, 6.45) is 3.19. The van der Waals surface area contributed by atoms with Gasteiger partial charge in [0.1, 0.15) is 5.56 Å². The molecule has 0 aliphatic rings. The molecule has 21 heavy (non-hydrogen) atoms. The molecule has 0 aliphatic carbocycles. The number of pyridine rings is 2. The molecular weight excluding hydrogens is 266 g/mol. The maximum absolute atomic E-state index is 12.3. The van der Waals surface area contributed by atoms with Gasteiger partial charge in [-0.3, -0.25) is 14.6 Å². The number of para-hydroxylation sites is 1. The van der Waals surface area contributed by atoms with Gasteiger partial charge in [-0.05, 0) is 30.7 Å². The second kappa shape index (κ2) is 5.20. The van der Waals surface area contributed by atoms with Crippen LogP contribution < -0.4 is 10.9 Å². The number of nitrogens with zero attached hydrogens (tertiary/aromatic N) is 1. The summed E-state index contributed by atoms with van der Waals surface area (Å²) in [5.74, 6) is -0.437. The highest BCUT2D eigenvalue weighted by atomic mass is 16.2. The van der Waals surface area contributed by atoms with E-state index in [2.05, 4.69) is 15.3 Å². The monoisotopic (exact) mass is 279 g/mol. The summed E-state index contributed by atoms with van der Waals surface area (Å²) in [6.45, 7) is 1.73. The van der Waals surface area contributed by atoms with Crippen molar-refractivity contribution >= 4 is 22.5 Å². The first-order valence-corrected chi connectivity index (χ1v) is 6.50. The number of carbonyl (C=O) groups excluding carboxylic acids is 1. The number of benzene rings is 1. The number of hydrogen-bond acceptors (Lipinski definition) is 3. The molecule has 0 fully saturated rings. The Hall–Kier alpha value is -2.95. The fourth-order valence-corrected chi connectivity index (χ4v) is 2.25. The van der Waals surface area contributed by atoms with Crippen LogP contribution in [0.25, 0.3) is 10.9 Å². The van der Waals surface area contributed by atoms with Crippen LogP contribution in [-0.4, -0.2) is 15.9 Å². The van der Waals surface area contributed by atoms with E-state index in [-0.39, 0.29) is 5.56 Å². The van der Waals surface area contributed by atoms with E-state index in [1.165, 1.54) is 6.20 Å². The van der Waals surface area contributed by atoms with E-state index in [1.54, 1.807) is 25.3 Å². The molecule has 1 amide bonds. The Kier molecular flexibility index (Phi) is 3.23. The number of carbonyl (C=O) groups is 1. The molecule has 0 radical (unpaired) electrons. The summed E-state index contributed by atoms with van der Waals surface area (Å²) >= 11 is 0. The predicted octanol–water partition coefficient (Wildman–Crippen LogP) is 2.48. The Morgan fingerprint density at radius 1 is 1.19 bits per heavy atom. The maximum atomic E-state index is 12.3. The molecule has 0 atom stereocenters. The van der Waals surface area contributed by atoms with Crippen molar-refractivity contribution in [1.29, 1.82) is 0 Å². The Morgan fingerprint density at radius 2 is 2.00 bits per heavy atom. The van der Waals surface area contributed by atoms with Crippen molar-refractivity contribution in [3.8, 4) is 0 Å². The number of rotatable bonds is 2. The van der Waals surface area contributed by atoms with Gasteiger partial charge in [0.25, 0.3) is 11.5 Å². The van der Waals surface area contributed by atoms with Crippen LogP contribution in [0.2, 0.25) is 0 Å². The van der Waals surface area contributed by atoms with Gasteiger partial charge in [0.2, 0.25) is 0 Å². The van der Waals surface area contributed by atoms with E-state index in [4.69, 9.17) is 0 Å². The van der Waals surface area contributed by atoms with E-state index in [0.29, 0.717) is 16.8 Å². The van der Waals surface area contributed by atoms with Crippen molar-refractivity contribution in [2.24, 2.45) is 0 Å². The molecule has 0 bridgehead atoms. The minimum absolute atomic E-state index is 0.116. The summed E-state index contributed by atoms with van der Waals surface area (Å²) in [5, 5.41) is 3.69. The molecule has 5 nitrogen and oxygen atoms in total. The Labute approximate surface area is 120 Å². The fourth-order valence-electron chi connectivity index (χ4n) is 2.25. The van der Waals surface area contributed by atoms with Crippen LogP contribution in [-0.2, 0) is 0 Å². The normalized spacial score (nSPS) is 10.5. The van der Waals surface area contributed by atoms with Gasteiger partial charge in [0, 0.05) is 17.8 Å². The van der Waals surface area contributed by atoms with Crippen LogP contribution in [0, 0.1) is 6.92 Å². The SMILES string of the molecule is Cc1cc[nH]c(=O)c1C(=O)Nc1cccc2cccnc12. The molecule has 3 aromatic rings. The van der Waals surface area contributed by atoms with Gasteiger partial charge in [-0.15, -0.1) is 0 Å². The van der Waals surface area contributed by atoms with E-state index in [9.17, 15) is 9.59 Å². The average Bonchev–Trinajstić information content (AvgIpc) is 2.47. The van der Waals surface area contributed by atoms with E-state index < -0.39 is 11.5 Å². The molecule has 5 heteroatoms. The molecule has 104 valence electrons. The van der Waals surface area contributed by atoms with Crippen molar-refractivity contribution in [2.75, 3.05) is 5.32 Å². The van der Waals surface area contributed by atoms with E-state index in [0.717, 1.165) is 5.39 Å². The van der Waals surface area contributed by atoms with Gasteiger partial charge in [-0.1, -0.05) is 18.2 Å². The molecule has 2 aromatic heterocycles. The molecule has 0 aliphatic heterocycles. The van der Waals surface area contributed by atoms with Crippen molar-refractivity contribution in [2.45, 2.75) is 6.92 Å². The number of fused-ring (bicyclic) bond motifs is 1. The first-order valence-electron chi connectivity index (χ1n) is 6.50. The van der Waals surface area contributed by atoms with Crippen molar-refractivity contribution in [3.05, 3.63) is 70.3 Å². The van der Waals surface area contributed by atoms with Crippen molar-refractivity contribution in [3.63, 3.8) is 0 Å². The predicted molar refractivity (Wildman–Crippen MR) is 81.5 cm³/mol. The fraction of sp³-hybridized carbons (Fsp3) is 0.0625. The Morgan fingerprint density at radius 3 is 2.81 bits per heavy atom. The minimum atomic E-state index is -0.437. The number of amides is 1. The zero-order chi connectivity index (χ0) is 14.8. The summed E-state index contributed by atoms with van der Waals surface area (Å²) in [7, 11) is 0. The molecular formula is C16H13N3O2. The Balaban J connectivity index is 2.03. The van der Waals surface area contributed by atoms with Gasteiger partial charge in [0.15, 0.2) is 0 Å². The summed E-state index contributed by atoms with van der Waals surface area (Å²) < 4.78 is 0. The number of hydrogen-bond donors (Lipinski definition) is 2. The van der Waals surface area contributed by atoms with Crippen LogP contribution in [0.5, 0.6) is 0 Å². The van der Waals surface area contributed by atoms with Gasteiger partial charge >= 0.3 is 0 Å². The molecule has 1 aromatic carbocycles. The molecule has 0 saturated carbocycles. The third-order valence-corrected chi connectivity index (χ3v) is 3.28. The van der Waals surface area contributed by atoms with Crippen LogP contribution in [0.15, 0.2) is 53.6 Å². The highest BCUT2D eigenvalue weighted by Gasteiger charge is 2.14. The lowest BCUT2D eigenvalue weighted by molar-refractivity contribution is 0.102. The summed E-state index contributed by atoms with van der Waals surface area (Å²) in [4.78, 5) is 30.9. The van der Waals surface area contributed by atoms with Crippen molar-refractivity contribution in [1.82, 2.24) is 9.97 Å². The Bertz CT molecular complexity index is 879. The number of aryl methyl sites for hydroxylation is 1. The maximum Gasteiger partial charge on any atom is 0.261 e. The topological polar surface area (TPSA) is 74.8 Å². The highest BCUT2D eigenvalue weighted by Crippen LogP contribution is 2.21. The van der Waals surface area contributed by atoms with E-state index in [1.807, 2.05) is 24.3 Å². The molecule has 0 spiro atoms. The molecule has 2 N–H and O–H groups in total. The van der Waals surface area contributed by atoms with E-state index >= 15 is 0 Å². The molecule has 0 unspecified atom stereocenters. The van der Waals surface area contributed by atoms with Gasteiger partial charge in [-0.25, -0.2) is 0 Å². The smallest absolute Gasteiger partial charge is 0.261 e. The minimum Gasteiger partial charge on any atom is -0.328 e. The first-order chi connectivity index (χ1) is 10.2. The van der Waals surface area contributed by atoms with Crippen LogP contribution in [0.3, 0.4) is 0 Å². The first kappa shape index (κ1) is 13.1. The number of nitrogens with one attached hydrogen (secondary N) is 2. The average molecular weight is 279 g/mol. The van der Waals surface area contributed by atoms with Crippen LogP contribution in [0.4, 0.5) is 5.69 Å². The molecule has 2 heterocycles. The van der Waals surface area contributed by atoms with Crippen molar-refractivity contribution < 1.29 is 4.79 Å². The molecule has 0 saturated heterocycles.